The number of hydrogen-bond acceptors (Lipinski definition) is 5. The number of carbonyl (C=O) groups is 1. The first-order valence-electron chi connectivity index (χ1n) is 7.96. The number of aromatic nitrogens is 2. The molecular formula is C17H24N4O2. The topological polar surface area (TPSA) is 94.0 Å². The van der Waals surface area contributed by atoms with Crippen LogP contribution >= 0.6 is 0 Å². The molecule has 124 valence electrons. The van der Waals surface area contributed by atoms with E-state index in [1.165, 1.54) is 0 Å². The third-order valence-corrected chi connectivity index (χ3v) is 4.09. The van der Waals surface area contributed by atoms with Gasteiger partial charge in [0, 0.05) is 17.7 Å². The van der Waals surface area contributed by atoms with Crippen LogP contribution in [0.4, 0.5) is 5.69 Å². The van der Waals surface area contributed by atoms with Crippen LogP contribution < -0.4 is 11.1 Å². The van der Waals surface area contributed by atoms with Gasteiger partial charge in [-0.15, -0.1) is 0 Å². The third kappa shape index (κ3) is 3.96. The summed E-state index contributed by atoms with van der Waals surface area (Å²) < 4.78 is 5.25. The fraction of sp³-hybridized carbons (Fsp3) is 0.471. The number of hydrogen-bond donors (Lipinski definition) is 2. The molecule has 1 amide bonds. The third-order valence-electron chi connectivity index (χ3n) is 4.09. The molecule has 1 aromatic heterocycles. The fourth-order valence-electron chi connectivity index (χ4n) is 2.13. The summed E-state index contributed by atoms with van der Waals surface area (Å²) in [5.74, 6) is 1.05. The van der Waals surface area contributed by atoms with Gasteiger partial charge in [0.2, 0.25) is 5.91 Å². The number of nitrogens with two attached hydrogens (primary N) is 1. The van der Waals surface area contributed by atoms with Crippen LogP contribution in [-0.4, -0.2) is 22.1 Å². The summed E-state index contributed by atoms with van der Waals surface area (Å²) in [4.78, 5) is 16.6. The zero-order valence-corrected chi connectivity index (χ0v) is 14.1. The minimum absolute atomic E-state index is 0.126. The van der Waals surface area contributed by atoms with E-state index in [-0.39, 0.29) is 11.8 Å². The molecule has 3 N–H and O–H groups in total. The highest BCUT2D eigenvalue weighted by Gasteiger charge is 2.20. The van der Waals surface area contributed by atoms with Crippen molar-refractivity contribution in [3.63, 3.8) is 0 Å². The lowest BCUT2D eigenvalue weighted by Crippen LogP contribution is -2.40. The lowest BCUT2D eigenvalue weighted by Gasteiger charge is -2.18. The Balaban J connectivity index is 2.22. The molecule has 1 heterocycles. The van der Waals surface area contributed by atoms with Crippen molar-refractivity contribution in [3.05, 3.63) is 29.6 Å². The first-order chi connectivity index (χ1) is 11.0. The molecule has 0 spiro atoms. The number of aryl methyl sites for hydroxylation is 2. The molecule has 2 rings (SSSR count). The second-order valence-electron chi connectivity index (χ2n) is 5.80. The number of rotatable bonds is 6. The molecule has 6 heteroatoms. The van der Waals surface area contributed by atoms with Crippen LogP contribution in [-0.2, 0) is 11.2 Å². The van der Waals surface area contributed by atoms with Gasteiger partial charge in [-0.2, -0.15) is 4.98 Å². The Labute approximate surface area is 136 Å². The van der Waals surface area contributed by atoms with Gasteiger partial charge in [-0.1, -0.05) is 38.4 Å². The molecule has 0 aliphatic carbocycles. The van der Waals surface area contributed by atoms with Crippen LogP contribution in [0.1, 0.15) is 38.6 Å². The van der Waals surface area contributed by atoms with E-state index >= 15 is 0 Å². The predicted octanol–water partition coefficient (Wildman–Crippen LogP) is 2.92. The summed E-state index contributed by atoms with van der Waals surface area (Å²) in [5, 5.41) is 6.80. The number of anilines is 1. The first kappa shape index (κ1) is 17.1. The monoisotopic (exact) mass is 316 g/mol. The summed E-state index contributed by atoms with van der Waals surface area (Å²) in [7, 11) is 0. The second kappa shape index (κ2) is 7.37. The van der Waals surface area contributed by atoms with Crippen LogP contribution in [0.5, 0.6) is 0 Å². The summed E-state index contributed by atoms with van der Waals surface area (Å²) in [6.07, 6.45) is 1.57. The normalized spacial score (nSPS) is 13.6. The van der Waals surface area contributed by atoms with Crippen LogP contribution in [0.25, 0.3) is 11.5 Å². The van der Waals surface area contributed by atoms with Gasteiger partial charge in [-0.3, -0.25) is 4.79 Å². The number of nitrogens with zero attached hydrogens (tertiary/aromatic N) is 2. The molecule has 0 aliphatic rings. The van der Waals surface area contributed by atoms with Crippen molar-refractivity contribution < 1.29 is 9.32 Å². The van der Waals surface area contributed by atoms with Crippen molar-refractivity contribution in [1.29, 1.82) is 0 Å². The molecule has 0 saturated heterocycles. The minimum Gasteiger partial charge on any atom is -0.334 e. The SMILES string of the molecule is CCc1noc(-c2ccc(C)c(NC(=O)C(N)C(C)CC)c2)n1. The van der Waals surface area contributed by atoms with Crippen molar-refractivity contribution in [2.75, 3.05) is 5.32 Å². The van der Waals surface area contributed by atoms with Gasteiger partial charge in [0.1, 0.15) is 0 Å². The van der Waals surface area contributed by atoms with Gasteiger partial charge in [-0.05, 0) is 30.5 Å². The highest BCUT2D eigenvalue weighted by molar-refractivity contribution is 5.96. The maximum Gasteiger partial charge on any atom is 0.257 e. The Bertz CT molecular complexity index is 681. The largest absolute Gasteiger partial charge is 0.334 e. The van der Waals surface area contributed by atoms with Gasteiger partial charge in [0.05, 0.1) is 6.04 Å². The summed E-state index contributed by atoms with van der Waals surface area (Å²) in [5.41, 5.74) is 8.42. The van der Waals surface area contributed by atoms with Crippen molar-refractivity contribution in [1.82, 2.24) is 10.1 Å². The van der Waals surface area contributed by atoms with Crippen LogP contribution in [0, 0.1) is 12.8 Å². The summed E-state index contributed by atoms with van der Waals surface area (Å²) in [6.45, 7) is 7.88. The Morgan fingerprint density at radius 1 is 1.39 bits per heavy atom. The molecule has 2 unspecified atom stereocenters. The molecule has 23 heavy (non-hydrogen) atoms. The Morgan fingerprint density at radius 2 is 2.13 bits per heavy atom. The molecule has 0 saturated carbocycles. The quantitative estimate of drug-likeness (QED) is 0.854. The van der Waals surface area contributed by atoms with Crippen LogP contribution in [0.15, 0.2) is 22.7 Å². The summed E-state index contributed by atoms with van der Waals surface area (Å²) >= 11 is 0. The number of carbonyl (C=O) groups excluding carboxylic acids is 1. The zero-order valence-electron chi connectivity index (χ0n) is 14.1. The molecule has 0 bridgehead atoms. The Morgan fingerprint density at radius 3 is 2.74 bits per heavy atom. The maximum atomic E-state index is 12.3. The first-order valence-corrected chi connectivity index (χ1v) is 7.96. The van der Waals surface area contributed by atoms with Gasteiger partial charge in [0.15, 0.2) is 5.82 Å². The molecule has 0 fully saturated rings. The molecular weight excluding hydrogens is 292 g/mol. The van der Waals surface area contributed by atoms with Crippen molar-refractivity contribution in [2.24, 2.45) is 11.7 Å². The second-order valence-corrected chi connectivity index (χ2v) is 5.80. The zero-order chi connectivity index (χ0) is 17.0. The van der Waals surface area contributed by atoms with Crippen LogP contribution in [0.2, 0.25) is 0 Å². The van der Waals surface area contributed by atoms with E-state index in [1.807, 2.05) is 45.9 Å². The average molecular weight is 316 g/mol. The smallest absolute Gasteiger partial charge is 0.257 e. The van der Waals surface area contributed by atoms with Crippen molar-refractivity contribution in [3.8, 4) is 11.5 Å². The molecule has 1 aromatic carbocycles. The van der Waals surface area contributed by atoms with Gasteiger partial charge in [-0.25, -0.2) is 0 Å². The Kier molecular flexibility index (Phi) is 5.50. The summed E-state index contributed by atoms with van der Waals surface area (Å²) in [6, 6.07) is 5.11. The number of benzene rings is 1. The number of amides is 1. The lowest BCUT2D eigenvalue weighted by molar-refractivity contribution is -0.118. The average Bonchev–Trinajstić information content (AvgIpc) is 3.04. The predicted molar refractivity (Wildman–Crippen MR) is 89.9 cm³/mol. The van der Waals surface area contributed by atoms with E-state index in [0.29, 0.717) is 23.8 Å². The lowest BCUT2D eigenvalue weighted by atomic mass is 9.99. The minimum atomic E-state index is -0.529. The maximum absolute atomic E-state index is 12.3. The molecule has 2 atom stereocenters. The van der Waals surface area contributed by atoms with Gasteiger partial charge >= 0.3 is 0 Å². The fourth-order valence-corrected chi connectivity index (χ4v) is 2.13. The van der Waals surface area contributed by atoms with Crippen LogP contribution in [0.3, 0.4) is 0 Å². The van der Waals surface area contributed by atoms with E-state index < -0.39 is 6.04 Å². The van der Waals surface area contributed by atoms with Gasteiger partial charge < -0.3 is 15.6 Å². The number of nitrogens with one attached hydrogen (secondary N) is 1. The Hall–Kier alpha value is -2.21. The van der Waals surface area contributed by atoms with Crippen molar-refractivity contribution in [2.45, 2.75) is 46.6 Å². The molecule has 0 radical (unpaired) electrons. The van der Waals surface area contributed by atoms with E-state index in [2.05, 4.69) is 15.5 Å². The van der Waals surface area contributed by atoms with E-state index in [9.17, 15) is 4.79 Å². The highest BCUT2D eigenvalue weighted by Crippen LogP contribution is 2.24. The molecule has 2 aromatic rings. The standard InChI is InChI=1S/C17H24N4O2/c1-5-10(3)15(18)16(22)19-13-9-12(8-7-11(13)4)17-20-14(6-2)21-23-17/h7-10,15H,5-6,18H2,1-4H3,(H,19,22). The van der Waals surface area contributed by atoms with E-state index in [1.54, 1.807) is 0 Å². The highest BCUT2D eigenvalue weighted by atomic mass is 16.5. The van der Waals surface area contributed by atoms with Gasteiger partial charge in [0.25, 0.3) is 5.89 Å². The van der Waals surface area contributed by atoms with E-state index in [0.717, 1.165) is 17.5 Å². The molecule has 6 nitrogen and oxygen atoms in total. The van der Waals surface area contributed by atoms with Crippen molar-refractivity contribution >= 4 is 11.6 Å². The molecule has 0 aliphatic heterocycles. The van der Waals surface area contributed by atoms with E-state index in [4.69, 9.17) is 10.3 Å².